The SMILES string of the molecule is CCCNC(C)CCCCN1CCC(CC)CCC1=O. The molecule has 1 saturated heterocycles. The van der Waals surface area contributed by atoms with Crippen LogP contribution in [-0.2, 0) is 4.79 Å². The molecule has 0 aliphatic carbocycles. The monoisotopic (exact) mass is 282 g/mol. The van der Waals surface area contributed by atoms with Gasteiger partial charge < -0.3 is 10.2 Å². The summed E-state index contributed by atoms with van der Waals surface area (Å²) in [6, 6.07) is 0.610. The van der Waals surface area contributed by atoms with Crippen molar-refractivity contribution < 1.29 is 4.79 Å². The van der Waals surface area contributed by atoms with Gasteiger partial charge in [0, 0.05) is 25.6 Å². The van der Waals surface area contributed by atoms with Crippen LogP contribution in [0.2, 0.25) is 0 Å². The summed E-state index contributed by atoms with van der Waals surface area (Å²) in [6.07, 6.45) is 9.10. The number of nitrogens with zero attached hydrogens (tertiary/aromatic N) is 1. The van der Waals surface area contributed by atoms with E-state index in [4.69, 9.17) is 0 Å². The molecule has 1 heterocycles. The standard InChI is InChI=1S/C17H34N2O/c1-4-12-18-15(3)8-6-7-13-19-14-11-16(5-2)9-10-17(19)20/h15-16,18H,4-14H2,1-3H3. The minimum Gasteiger partial charge on any atom is -0.343 e. The number of hydrogen-bond donors (Lipinski definition) is 1. The average molecular weight is 282 g/mol. The lowest BCUT2D eigenvalue weighted by atomic mass is 9.98. The molecule has 1 aliphatic rings. The summed E-state index contributed by atoms with van der Waals surface area (Å²) in [5, 5.41) is 3.52. The minimum absolute atomic E-state index is 0.387. The van der Waals surface area contributed by atoms with Gasteiger partial charge in [-0.15, -0.1) is 0 Å². The Labute approximate surface area is 125 Å². The van der Waals surface area contributed by atoms with Gasteiger partial charge in [-0.1, -0.05) is 26.7 Å². The molecule has 3 heteroatoms. The van der Waals surface area contributed by atoms with Gasteiger partial charge in [0.1, 0.15) is 0 Å². The van der Waals surface area contributed by atoms with Crippen LogP contribution < -0.4 is 5.32 Å². The molecule has 0 aromatic rings. The highest BCUT2D eigenvalue weighted by atomic mass is 16.2. The zero-order valence-electron chi connectivity index (χ0n) is 13.8. The Morgan fingerprint density at radius 2 is 2.10 bits per heavy atom. The van der Waals surface area contributed by atoms with Gasteiger partial charge >= 0.3 is 0 Å². The molecule has 0 bridgehead atoms. The number of nitrogens with one attached hydrogen (secondary N) is 1. The van der Waals surface area contributed by atoms with Gasteiger partial charge in [-0.05, 0) is 51.5 Å². The first-order chi connectivity index (χ1) is 9.67. The van der Waals surface area contributed by atoms with E-state index in [1.54, 1.807) is 0 Å². The van der Waals surface area contributed by atoms with Crippen LogP contribution in [0.25, 0.3) is 0 Å². The number of carbonyl (C=O) groups excluding carboxylic acids is 1. The van der Waals surface area contributed by atoms with Gasteiger partial charge in [-0.3, -0.25) is 4.79 Å². The Hall–Kier alpha value is -0.570. The summed E-state index contributed by atoms with van der Waals surface area (Å²) in [4.78, 5) is 14.2. The third kappa shape index (κ3) is 6.74. The molecule has 0 aromatic carbocycles. The largest absolute Gasteiger partial charge is 0.343 e. The van der Waals surface area contributed by atoms with Crippen LogP contribution in [0.1, 0.15) is 72.1 Å². The van der Waals surface area contributed by atoms with Gasteiger partial charge in [-0.25, -0.2) is 0 Å². The zero-order chi connectivity index (χ0) is 14.8. The normalized spacial score (nSPS) is 21.9. The van der Waals surface area contributed by atoms with E-state index in [-0.39, 0.29) is 0 Å². The molecular weight excluding hydrogens is 248 g/mol. The highest BCUT2D eigenvalue weighted by Crippen LogP contribution is 2.21. The number of rotatable bonds is 9. The fourth-order valence-corrected chi connectivity index (χ4v) is 2.98. The molecule has 2 unspecified atom stereocenters. The van der Waals surface area contributed by atoms with E-state index in [2.05, 4.69) is 31.0 Å². The van der Waals surface area contributed by atoms with Crippen molar-refractivity contribution in [2.45, 2.75) is 78.2 Å². The molecule has 2 atom stereocenters. The molecule has 0 radical (unpaired) electrons. The molecule has 118 valence electrons. The second-order valence-electron chi connectivity index (χ2n) is 6.33. The summed E-state index contributed by atoms with van der Waals surface area (Å²) < 4.78 is 0. The summed E-state index contributed by atoms with van der Waals surface area (Å²) in [6.45, 7) is 9.78. The van der Waals surface area contributed by atoms with E-state index in [0.717, 1.165) is 44.8 Å². The van der Waals surface area contributed by atoms with Gasteiger partial charge in [-0.2, -0.15) is 0 Å². The van der Waals surface area contributed by atoms with Crippen LogP contribution in [0.15, 0.2) is 0 Å². The summed E-state index contributed by atoms with van der Waals surface area (Å²) in [5.74, 6) is 1.15. The molecule has 1 rings (SSSR count). The fraction of sp³-hybridized carbons (Fsp3) is 0.941. The van der Waals surface area contributed by atoms with Crippen LogP contribution in [0.3, 0.4) is 0 Å². The maximum absolute atomic E-state index is 12.1. The molecule has 3 nitrogen and oxygen atoms in total. The highest BCUT2D eigenvalue weighted by Gasteiger charge is 2.20. The van der Waals surface area contributed by atoms with Crippen molar-refractivity contribution in [3.05, 3.63) is 0 Å². The average Bonchev–Trinajstić information content (AvgIpc) is 2.63. The first kappa shape index (κ1) is 17.5. The van der Waals surface area contributed by atoms with E-state index >= 15 is 0 Å². The minimum atomic E-state index is 0.387. The maximum atomic E-state index is 12.1. The van der Waals surface area contributed by atoms with Crippen molar-refractivity contribution >= 4 is 5.91 Å². The lowest BCUT2D eigenvalue weighted by Gasteiger charge is -2.21. The third-order valence-corrected chi connectivity index (χ3v) is 4.56. The van der Waals surface area contributed by atoms with E-state index in [0.29, 0.717) is 11.9 Å². The Kier molecular flexibility index (Phi) is 8.92. The number of hydrogen-bond acceptors (Lipinski definition) is 2. The lowest BCUT2D eigenvalue weighted by Crippen LogP contribution is -2.32. The quantitative estimate of drug-likeness (QED) is 0.656. The topological polar surface area (TPSA) is 32.3 Å². The number of likely N-dealkylation sites (tertiary alicyclic amines) is 1. The third-order valence-electron chi connectivity index (χ3n) is 4.56. The van der Waals surface area contributed by atoms with Crippen molar-refractivity contribution in [3.8, 4) is 0 Å². The van der Waals surface area contributed by atoms with Crippen LogP contribution in [0, 0.1) is 5.92 Å². The van der Waals surface area contributed by atoms with E-state index in [1.807, 2.05) is 0 Å². The highest BCUT2D eigenvalue weighted by molar-refractivity contribution is 5.76. The Morgan fingerprint density at radius 3 is 2.80 bits per heavy atom. The predicted molar refractivity (Wildman–Crippen MR) is 85.8 cm³/mol. The smallest absolute Gasteiger partial charge is 0.222 e. The first-order valence-electron chi connectivity index (χ1n) is 8.68. The van der Waals surface area contributed by atoms with Gasteiger partial charge in [0.05, 0.1) is 0 Å². The van der Waals surface area contributed by atoms with Crippen molar-refractivity contribution in [3.63, 3.8) is 0 Å². The van der Waals surface area contributed by atoms with Crippen molar-refractivity contribution in [2.75, 3.05) is 19.6 Å². The second kappa shape index (κ2) is 10.2. The Bertz CT molecular complexity index is 268. The van der Waals surface area contributed by atoms with Gasteiger partial charge in [0.15, 0.2) is 0 Å². The van der Waals surface area contributed by atoms with Crippen molar-refractivity contribution in [1.29, 1.82) is 0 Å². The zero-order valence-corrected chi connectivity index (χ0v) is 13.8. The van der Waals surface area contributed by atoms with Gasteiger partial charge in [0.25, 0.3) is 0 Å². The van der Waals surface area contributed by atoms with E-state index < -0.39 is 0 Å². The first-order valence-corrected chi connectivity index (χ1v) is 8.68. The predicted octanol–water partition coefficient (Wildman–Crippen LogP) is 3.58. The molecule has 1 fully saturated rings. The molecule has 20 heavy (non-hydrogen) atoms. The molecule has 1 aliphatic heterocycles. The van der Waals surface area contributed by atoms with Crippen LogP contribution >= 0.6 is 0 Å². The summed E-state index contributed by atoms with van der Waals surface area (Å²) in [7, 11) is 0. The molecule has 1 amide bonds. The molecule has 1 N–H and O–H groups in total. The molecule has 0 spiro atoms. The van der Waals surface area contributed by atoms with E-state index in [1.165, 1.54) is 32.1 Å². The number of carbonyl (C=O) groups is 1. The summed E-state index contributed by atoms with van der Waals surface area (Å²) >= 11 is 0. The molecular formula is C17H34N2O. The molecule has 0 saturated carbocycles. The number of unbranched alkanes of at least 4 members (excludes halogenated alkanes) is 1. The summed E-state index contributed by atoms with van der Waals surface area (Å²) in [5.41, 5.74) is 0. The van der Waals surface area contributed by atoms with Crippen LogP contribution in [-0.4, -0.2) is 36.5 Å². The molecule has 0 aromatic heterocycles. The Balaban J connectivity index is 2.15. The van der Waals surface area contributed by atoms with Crippen molar-refractivity contribution in [2.24, 2.45) is 5.92 Å². The Morgan fingerprint density at radius 1 is 1.30 bits per heavy atom. The van der Waals surface area contributed by atoms with Crippen molar-refractivity contribution in [1.82, 2.24) is 10.2 Å². The van der Waals surface area contributed by atoms with Crippen LogP contribution in [0.4, 0.5) is 0 Å². The lowest BCUT2D eigenvalue weighted by molar-refractivity contribution is -0.130. The number of amides is 1. The second-order valence-corrected chi connectivity index (χ2v) is 6.33. The van der Waals surface area contributed by atoms with Crippen LogP contribution in [0.5, 0.6) is 0 Å². The maximum Gasteiger partial charge on any atom is 0.222 e. The van der Waals surface area contributed by atoms with Gasteiger partial charge in [0.2, 0.25) is 5.91 Å². The van der Waals surface area contributed by atoms with E-state index in [9.17, 15) is 4.79 Å². The fourth-order valence-electron chi connectivity index (χ4n) is 2.98.